The van der Waals surface area contributed by atoms with E-state index in [9.17, 15) is 13.6 Å². The third-order valence-electron chi connectivity index (χ3n) is 3.94. The molecule has 1 heterocycles. The molecule has 0 saturated heterocycles. The summed E-state index contributed by atoms with van der Waals surface area (Å²) in [6, 6.07) is 12.9. The molecule has 0 N–H and O–H groups in total. The number of rotatable bonds is 8. The molecule has 3 aromatic rings. The van der Waals surface area contributed by atoms with Crippen LogP contribution < -0.4 is 9.47 Å². The van der Waals surface area contributed by atoms with E-state index in [0.29, 0.717) is 16.9 Å². The van der Waals surface area contributed by atoms with Gasteiger partial charge in [-0.15, -0.1) is 10.2 Å². The standard InChI is InChI=1S/C21H18F2N2O5/c1-13(19-24-25-20(30-19)15-6-10-16(27-2)11-7-15)28-18(26)12-5-14-3-8-17(9-4-14)29-21(22)23/h3-13,21H,1-2H3/b12-5+/t13-/m0/s1. The molecule has 156 valence electrons. The second kappa shape index (κ2) is 9.64. The van der Waals surface area contributed by atoms with Gasteiger partial charge < -0.3 is 18.6 Å². The van der Waals surface area contributed by atoms with Crippen LogP contribution in [0.15, 0.2) is 59.0 Å². The molecule has 0 aliphatic carbocycles. The van der Waals surface area contributed by atoms with Gasteiger partial charge in [0.05, 0.1) is 7.11 Å². The van der Waals surface area contributed by atoms with Crippen molar-refractivity contribution in [2.45, 2.75) is 19.6 Å². The molecule has 0 bridgehead atoms. The summed E-state index contributed by atoms with van der Waals surface area (Å²) in [6.07, 6.45) is 1.93. The zero-order chi connectivity index (χ0) is 21.5. The van der Waals surface area contributed by atoms with Gasteiger partial charge in [0.1, 0.15) is 11.5 Å². The predicted molar refractivity (Wildman–Crippen MR) is 103 cm³/mol. The third kappa shape index (κ3) is 5.63. The number of hydrogen-bond acceptors (Lipinski definition) is 7. The topological polar surface area (TPSA) is 83.7 Å². The molecular formula is C21H18F2N2O5. The van der Waals surface area contributed by atoms with E-state index in [1.54, 1.807) is 38.3 Å². The van der Waals surface area contributed by atoms with E-state index in [2.05, 4.69) is 14.9 Å². The molecular weight excluding hydrogens is 398 g/mol. The van der Waals surface area contributed by atoms with Gasteiger partial charge in [0.25, 0.3) is 5.89 Å². The minimum atomic E-state index is -2.89. The predicted octanol–water partition coefficient (Wildman–Crippen LogP) is 4.66. The number of halogens is 2. The Labute approximate surface area is 170 Å². The molecule has 7 nitrogen and oxygen atoms in total. The van der Waals surface area contributed by atoms with Gasteiger partial charge in [0.2, 0.25) is 5.89 Å². The highest BCUT2D eigenvalue weighted by atomic mass is 19.3. The average molecular weight is 416 g/mol. The van der Waals surface area contributed by atoms with Crippen LogP contribution in [0.1, 0.15) is 24.5 Å². The Morgan fingerprint density at radius 1 is 1.03 bits per heavy atom. The maximum atomic E-state index is 12.1. The van der Waals surface area contributed by atoms with Crippen molar-refractivity contribution in [3.8, 4) is 23.0 Å². The zero-order valence-corrected chi connectivity index (χ0v) is 16.1. The molecule has 3 rings (SSSR count). The summed E-state index contributed by atoms with van der Waals surface area (Å²) in [4.78, 5) is 12.0. The van der Waals surface area contributed by atoms with Gasteiger partial charge in [0.15, 0.2) is 6.10 Å². The zero-order valence-electron chi connectivity index (χ0n) is 16.1. The molecule has 0 amide bonds. The number of methoxy groups -OCH3 is 1. The van der Waals surface area contributed by atoms with Gasteiger partial charge in [-0.05, 0) is 55.0 Å². The first-order valence-electron chi connectivity index (χ1n) is 8.86. The van der Waals surface area contributed by atoms with Crippen LogP contribution >= 0.6 is 0 Å². The Hall–Kier alpha value is -3.75. The SMILES string of the molecule is COc1ccc(-c2nnc([C@H](C)OC(=O)/C=C/c3ccc(OC(F)F)cc3)o2)cc1. The molecule has 0 radical (unpaired) electrons. The Kier molecular flexibility index (Phi) is 6.74. The van der Waals surface area contributed by atoms with E-state index >= 15 is 0 Å². The van der Waals surface area contributed by atoms with Crippen molar-refractivity contribution in [3.63, 3.8) is 0 Å². The van der Waals surface area contributed by atoms with Gasteiger partial charge >= 0.3 is 12.6 Å². The van der Waals surface area contributed by atoms with E-state index in [4.69, 9.17) is 13.9 Å². The first kappa shape index (κ1) is 21.0. The summed E-state index contributed by atoms with van der Waals surface area (Å²) >= 11 is 0. The maximum absolute atomic E-state index is 12.1. The lowest BCUT2D eigenvalue weighted by atomic mass is 10.2. The molecule has 0 fully saturated rings. The van der Waals surface area contributed by atoms with Crippen molar-refractivity contribution >= 4 is 12.0 Å². The molecule has 0 aliphatic heterocycles. The van der Waals surface area contributed by atoms with Crippen molar-refractivity contribution < 1.29 is 32.2 Å². The van der Waals surface area contributed by atoms with Crippen LogP contribution in [-0.2, 0) is 9.53 Å². The van der Waals surface area contributed by atoms with E-state index in [-0.39, 0.29) is 17.5 Å². The van der Waals surface area contributed by atoms with E-state index in [0.717, 1.165) is 0 Å². The van der Waals surface area contributed by atoms with Crippen molar-refractivity contribution in [3.05, 3.63) is 66.1 Å². The summed E-state index contributed by atoms with van der Waals surface area (Å²) in [5, 5.41) is 7.88. The quantitative estimate of drug-likeness (QED) is 0.390. The summed E-state index contributed by atoms with van der Waals surface area (Å²) in [7, 11) is 1.57. The number of nitrogens with zero attached hydrogens (tertiary/aromatic N) is 2. The van der Waals surface area contributed by atoms with Crippen molar-refractivity contribution in [1.29, 1.82) is 0 Å². The summed E-state index contributed by atoms with van der Waals surface area (Å²) in [6.45, 7) is -1.29. The molecule has 30 heavy (non-hydrogen) atoms. The monoisotopic (exact) mass is 416 g/mol. The van der Waals surface area contributed by atoms with Gasteiger partial charge in [-0.25, -0.2) is 4.79 Å². The number of carbonyl (C=O) groups excluding carboxylic acids is 1. The largest absolute Gasteiger partial charge is 0.497 e. The molecule has 9 heteroatoms. The summed E-state index contributed by atoms with van der Waals surface area (Å²) in [5.74, 6) is 0.541. The van der Waals surface area contributed by atoms with Gasteiger partial charge in [-0.1, -0.05) is 12.1 Å². The fraction of sp³-hybridized carbons (Fsp3) is 0.190. The van der Waals surface area contributed by atoms with Crippen LogP contribution in [0, 0.1) is 0 Å². The fourth-order valence-corrected chi connectivity index (χ4v) is 2.44. The molecule has 0 aliphatic rings. The molecule has 0 saturated carbocycles. The smallest absolute Gasteiger partial charge is 0.387 e. The van der Waals surface area contributed by atoms with E-state index in [1.807, 2.05) is 0 Å². The Morgan fingerprint density at radius 3 is 2.33 bits per heavy atom. The highest BCUT2D eigenvalue weighted by Crippen LogP contribution is 2.24. The Balaban J connectivity index is 1.57. The number of aromatic nitrogens is 2. The lowest BCUT2D eigenvalue weighted by molar-refractivity contribution is -0.143. The molecule has 1 aromatic heterocycles. The van der Waals surface area contributed by atoms with Crippen molar-refractivity contribution in [2.75, 3.05) is 7.11 Å². The van der Waals surface area contributed by atoms with Crippen LogP contribution in [-0.4, -0.2) is 29.9 Å². The number of carbonyl (C=O) groups is 1. The highest BCUT2D eigenvalue weighted by molar-refractivity contribution is 5.87. The summed E-state index contributed by atoms with van der Waals surface area (Å²) < 4.78 is 44.5. The average Bonchev–Trinajstić information content (AvgIpc) is 3.23. The van der Waals surface area contributed by atoms with E-state index < -0.39 is 18.7 Å². The van der Waals surface area contributed by atoms with Crippen molar-refractivity contribution in [2.24, 2.45) is 0 Å². The van der Waals surface area contributed by atoms with Gasteiger partial charge in [-0.3, -0.25) is 0 Å². The normalized spacial score (nSPS) is 12.2. The second-order valence-electron chi connectivity index (χ2n) is 6.03. The first-order chi connectivity index (χ1) is 14.4. The number of benzene rings is 2. The fourth-order valence-electron chi connectivity index (χ4n) is 2.44. The van der Waals surface area contributed by atoms with Crippen LogP contribution in [0.3, 0.4) is 0 Å². The highest BCUT2D eigenvalue weighted by Gasteiger charge is 2.18. The van der Waals surface area contributed by atoms with Crippen LogP contribution in [0.5, 0.6) is 11.5 Å². The Bertz CT molecular complexity index is 1000. The lowest BCUT2D eigenvalue weighted by Gasteiger charge is -2.07. The van der Waals surface area contributed by atoms with Crippen LogP contribution in [0.25, 0.3) is 17.5 Å². The Morgan fingerprint density at radius 2 is 1.70 bits per heavy atom. The molecule has 0 unspecified atom stereocenters. The number of esters is 1. The number of hydrogen-bond donors (Lipinski definition) is 0. The molecule has 2 aromatic carbocycles. The molecule has 1 atom stereocenters. The van der Waals surface area contributed by atoms with Crippen molar-refractivity contribution in [1.82, 2.24) is 10.2 Å². The van der Waals surface area contributed by atoms with Crippen LogP contribution in [0.4, 0.5) is 8.78 Å². The number of alkyl halides is 2. The number of ether oxygens (including phenoxy) is 3. The molecule has 0 spiro atoms. The summed E-state index contributed by atoms with van der Waals surface area (Å²) in [5.41, 5.74) is 1.31. The lowest BCUT2D eigenvalue weighted by Crippen LogP contribution is -2.06. The van der Waals surface area contributed by atoms with Crippen LogP contribution in [0.2, 0.25) is 0 Å². The minimum absolute atomic E-state index is 0.0300. The maximum Gasteiger partial charge on any atom is 0.387 e. The third-order valence-corrected chi connectivity index (χ3v) is 3.94. The first-order valence-corrected chi connectivity index (χ1v) is 8.86. The van der Waals surface area contributed by atoms with Gasteiger partial charge in [0, 0.05) is 11.6 Å². The second-order valence-corrected chi connectivity index (χ2v) is 6.03. The minimum Gasteiger partial charge on any atom is -0.497 e. The van der Waals surface area contributed by atoms with E-state index in [1.165, 1.54) is 36.4 Å². The van der Waals surface area contributed by atoms with Gasteiger partial charge in [-0.2, -0.15) is 8.78 Å².